The fraction of sp³-hybridized carbons (Fsp3) is 0.900. The molecule has 0 aromatic heterocycles. The van der Waals surface area contributed by atoms with Crippen LogP contribution in [-0.4, -0.2) is 23.5 Å². The van der Waals surface area contributed by atoms with Crippen molar-refractivity contribution < 1.29 is 9.90 Å². The Kier molecular flexibility index (Phi) is 3.09. The SMILES string of the molecule is CC(O)(CC=O)C1(CN)CCCC1. The van der Waals surface area contributed by atoms with Crippen LogP contribution in [0, 0.1) is 5.41 Å². The first-order chi connectivity index (χ1) is 6.08. The van der Waals surface area contributed by atoms with Gasteiger partial charge in [0.05, 0.1) is 5.60 Å². The fourth-order valence-corrected chi connectivity index (χ4v) is 2.39. The van der Waals surface area contributed by atoms with Crippen LogP contribution in [0.4, 0.5) is 0 Å². The molecule has 0 aromatic carbocycles. The molecule has 0 bridgehead atoms. The largest absolute Gasteiger partial charge is 0.389 e. The molecular formula is C10H19NO2. The van der Waals surface area contributed by atoms with Crippen LogP contribution < -0.4 is 5.73 Å². The van der Waals surface area contributed by atoms with Crippen LogP contribution in [0.3, 0.4) is 0 Å². The van der Waals surface area contributed by atoms with Gasteiger partial charge in [-0.2, -0.15) is 0 Å². The Hall–Kier alpha value is -0.410. The molecule has 0 aliphatic heterocycles. The molecule has 0 heterocycles. The van der Waals surface area contributed by atoms with Gasteiger partial charge in [0.1, 0.15) is 6.29 Å². The van der Waals surface area contributed by atoms with Gasteiger partial charge in [0.15, 0.2) is 0 Å². The average molecular weight is 185 g/mol. The van der Waals surface area contributed by atoms with Gasteiger partial charge in [-0.3, -0.25) is 0 Å². The number of nitrogens with two attached hydrogens (primary N) is 1. The Morgan fingerprint density at radius 2 is 2.08 bits per heavy atom. The summed E-state index contributed by atoms with van der Waals surface area (Å²) in [7, 11) is 0. The normalized spacial score (nSPS) is 25.5. The summed E-state index contributed by atoms with van der Waals surface area (Å²) in [5.41, 5.74) is 4.58. The standard InChI is InChI=1S/C10H19NO2/c1-9(13,6-7-12)10(8-11)4-2-3-5-10/h7,13H,2-6,8,11H2,1H3. The van der Waals surface area contributed by atoms with Crippen LogP contribution in [0.15, 0.2) is 0 Å². The number of rotatable bonds is 4. The first kappa shape index (κ1) is 10.7. The molecule has 1 fully saturated rings. The third kappa shape index (κ3) is 1.76. The molecule has 1 aliphatic carbocycles. The zero-order chi connectivity index (χ0) is 9.95. The number of aldehydes is 1. The maximum absolute atomic E-state index is 10.4. The summed E-state index contributed by atoms with van der Waals surface area (Å²) in [6, 6.07) is 0. The molecule has 3 heteroatoms. The highest BCUT2D eigenvalue weighted by Crippen LogP contribution is 2.46. The molecule has 3 nitrogen and oxygen atoms in total. The second-order valence-corrected chi connectivity index (χ2v) is 4.34. The lowest BCUT2D eigenvalue weighted by Gasteiger charge is -2.41. The van der Waals surface area contributed by atoms with Gasteiger partial charge in [0.2, 0.25) is 0 Å². The van der Waals surface area contributed by atoms with E-state index < -0.39 is 5.60 Å². The Labute approximate surface area is 79.3 Å². The smallest absolute Gasteiger partial charge is 0.122 e. The van der Waals surface area contributed by atoms with E-state index in [0.717, 1.165) is 32.0 Å². The summed E-state index contributed by atoms with van der Waals surface area (Å²) >= 11 is 0. The number of aliphatic hydroxyl groups is 1. The van der Waals surface area contributed by atoms with Crippen molar-refractivity contribution in [2.75, 3.05) is 6.54 Å². The molecule has 3 N–H and O–H groups in total. The van der Waals surface area contributed by atoms with E-state index in [2.05, 4.69) is 0 Å². The lowest BCUT2D eigenvalue weighted by atomic mass is 9.70. The van der Waals surface area contributed by atoms with Crippen LogP contribution in [-0.2, 0) is 4.79 Å². The van der Waals surface area contributed by atoms with Crippen molar-refractivity contribution in [2.45, 2.75) is 44.6 Å². The first-order valence-electron chi connectivity index (χ1n) is 4.94. The predicted molar refractivity (Wildman–Crippen MR) is 51.3 cm³/mol. The van der Waals surface area contributed by atoms with E-state index in [1.807, 2.05) is 0 Å². The van der Waals surface area contributed by atoms with Gasteiger partial charge < -0.3 is 15.6 Å². The topological polar surface area (TPSA) is 63.3 Å². The minimum Gasteiger partial charge on any atom is -0.389 e. The van der Waals surface area contributed by atoms with Crippen LogP contribution >= 0.6 is 0 Å². The molecule has 0 radical (unpaired) electrons. The molecule has 0 aromatic rings. The van der Waals surface area contributed by atoms with Gasteiger partial charge >= 0.3 is 0 Å². The fourth-order valence-electron chi connectivity index (χ4n) is 2.39. The second-order valence-electron chi connectivity index (χ2n) is 4.34. The van der Waals surface area contributed by atoms with Gasteiger partial charge in [0.25, 0.3) is 0 Å². The van der Waals surface area contributed by atoms with Gasteiger partial charge in [0, 0.05) is 18.4 Å². The predicted octanol–water partition coefficient (Wildman–Crippen LogP) is 0.845. The van der Waals surface area contributed by atoms with E-state index >= 15 is 0 Å². The second kappa shape index (κ2) is 3.76. The van der Waals surface area contributed by atoms with Crippen molar-refractivity contribution in [3.63, 3.8) is 0 Å². The van der Waals surface area contributed by atoms with Crippen LogP contribution in [0.5, 0.6) is 0 Å². The molecule has 1 rings (SSSR count). The molecule has 1 atom stereocenters. The zero-order valence-corrected chi connectivity index (χ0v) is 8.25. The Bertz CT molecular complexity index is 183. The number of hydrogen-bond acceptors (Lipinski definition) is 3. The van der Waals surface area contributed by atoms with Crippen LogP contribution in [0.1, 0.15) is 39.0 Å². The summed E-state index contributed by atoms with van der Waals surface area (Å²) < 4.78 is 0. The Morgan fingerprint density at radius 3 is 2.46 bits per heavy atom. The van der Waals surface area contributed by atoms with Gasteiger partial charge in [-0.15, -0.1) is 0 Å². The monoisotopic (exact) mass is 185 g/mol. The molecular weight excluding hydrogens is 166 g/mol. The molecule has 1 unspecified atom stereocenters. The third-order valence-corrected chi connectivity index (χ3v) is 3.57. The Balaban J connectivity index is 2.79. The van der Waals surface area contributed by atoms with Crippen molar-refractivity contribution in [1.82, 2.24) is 0 Å². The lowest BCUT2D eigenvalue weighted by molar-refractivity contribution is -0.119. The van der Waals surface area contributed by atoms with Gasteiger partial charge in [-0.05, 0) is 19.8 Å². The minimum atomic E-state index is -0.917. The van der Waals surface area contributed by atoms with Crippen molar-refractivity contribution in [1.29, 1.82) is 0 Å². The van der Waals surface area contributed by atoms with E-state index in [-0.39, 0.29) is 11.8 Å². The quantitative estimate of drug-likeness (QED) is 0.638. The molecule has 0 spiro atoms. The van der Waals surface area contributed by atoms with Gasteiger partial charge in [-0.25, -0.2) is 0 Å². The van der Waals surface area contributed by atoms with Crippen molar-refractivity contribution in [3.05, 3.63) is 0 Å². The van der Waals surface area contributed by atoms with Crippen LogP contribution in [0.25, 0.3) is 0 Å². The molecule has 0 amide bonds. The van der Waals surface area contributed by atoms with Crippen molar-refractivity contribution >= 4 is 6.29 Å². The summed E-state index contributed by atoms with van der Waals surface area (Å²) in [6.45, 7) is 2.22. The molecule has 1 aliphatic rings. The molecule has 76 valence electrons. The average Bonchev–Trinajstić information content (AvgIpc) is 2.53. The van der Waals surface area contributed by atoms with E-state index in [4.69, 9.17) is 5.73 Å². The minimum absolute atomic E-state index is 0.199. The van der Waals surface area contributed by atoms with E-state index in [1.54, 1.807) is 6.92 Å². The molecule has 1 saturated carbocycles. The highest BCUT2D eigenvalue weighted by atomic mass is 16.3. The van der Waals surface area contributed by atoms with E-state index in [9.17, 15) is 9.90 Å². The van der Waals surface area contributed by atoms with Crippen molar-refractivity contribution in [3.8, 4) is 0 Å². The number of carbonyl (C=O) groups is 1. The van der Waals surface area contributed by atoms with Crippen LogP contribution in [0.2, 0.25) is 0 Å². The van der Waals surface area contributed by atoms with E-state index in [0.29, 0.717) is 6.54 Å². The van der Waals surface area contributed by atoms with Crippen molar-refractivity contribution in [2.24, 2.45) is 11.1 Å². The Morgan fingerprint density at radius 1 is 1.54 bits per heavy atom. The maximum atomic E-state index is 10.4. The van der Waals surface area contributed by atoms with Gasteiger partial charge in [-0.1, -0.05) is 12.8 Å². The first-order valence-corrected chi connectivity index (χ1v) is 4.94. The number of carbonyl (C=O) groups excluding carboxylic acids is 1. The zero-order valence-electron chi connectivity index (χ0n) is 8.25. The third-order valence-electron chi connectivity index (χ3n) is 3.57. The highest BCUT2D eigenvalue weighted by Gasteiger charge is 2.47. The summed E-state index contributed by atoms with van der Waals surface area (Å²) in [5.74, 6) is 0. The maximum Gasteiger partial charge on any atom is 0.122 e. The molecule has 13 heavy (non-hydrogen) atoms. The van der Waals surface area contributed by atoms with E-state index in [1.165, 1.54) is 0 Å². The summed E-state index contributed by atoms with van der Waals surface area (Å²) in [5, 5.41) is 10.2. The lowest BCUT2D eigenvalue weighted by Crippen LogP contribution is -2.49. The number of hydrogen-bond donors (Lipinski definition) is 2. The molecule has 0 saturated heterocycles. The summed E-state index contributed by atoms with van der Waals surface area (Å²) in [6.07, 6.45) is 5.12. The summed E-state index contributed by atoms with van der Waals surface area (Å²) in [4.78, 5) is 10.4. The highest BCUT2D eigenvalue weighted by molar-refractivity contribution is 5.51.